The van der Waals surface area contributed by atoms with Gasteiger partial charge in [0.25, 0.3) is 0 Å². The van der Waals surface area contributed by atoms with E-state index in [1.54, 1.807) is 6.33 Å². The zero-order valence-electron chi connectivity index (χ0n) is 8.18. The number of halogens is 1. The second-order valence-electron chi connectivity index (χ2n) is 3.55. The summed E-state index contributed by atoms with van der Waals surface area (Å²) in [5, 5.41) is 0. The molecule has 2 nitrogen and oxygen atoms in total. The number of benzene rings is 1. The Labute approximate surface area is 94.8 Å². The number of nitrogens with zero attached hydrogens (tertiary/aromatic N) is 2. The van der Waals surface area contributed by atoms with Gasteiger partial charge in [-0.15, -0.1) is 12.4 Å². The van der Waals surface area contributed by atoms with E-state index in [0.717, 1.165) is 18.5 Å². The van der Waals surface area contributed by atoms with Gasteiger partial charge in [-0.3, -0.25) is 0 Å². The van der Waals surface area contributed by atoms with E-state index in [9.17, 15) is 0 Å². The molecule has 0 bridgehead atoms. The van der Waals surface area contributed by atoms with Crippen molar-refractivity contribution < 1.29 is 0 Å². The molecule has 1 aromatic heterocycles. The van der Waals surface area contributed by atoms with Gasteiger partial charge in [-0.05, 0) is 24.0 Å². The molecule has 0 saturated carbocycles. The van der Waals surface area contributed by atoms with E-state index < -0.39 is 0 Å². The molecule has 0 amide bonds. The topological polar surface area (TPSA) is 25.8 Å². The monoisotopic (exact) mass is 218 g/mol. The lowest BCUT2D eigenvalue weighted by molar-refractivity contribution is 0.910. The van der Waals surface area contributed by atoms with E-state index in [2.05, 4.69) is 34.2 Å². The summed E-state index contributed by atoms with van der Waals surface area (Å²) >= 11 is 0. The average molecular weight is 219 g/mol. The predicted molar refractivity (Wildman–Crippen MR) is 62.1 cm³/mol. The second-order valence-corrected chi connectivity index (χ2v) is 3.55. The molecular weight excluding hydrogens is 208 g/mol. The van der Waals surface area contributed by atoms with Crippen LogP contribution in [-0.2, 0) is 12.8 Å². The summed E-state index contributed by atoms with van der Waals surface area (Å²) in [4.78, 5) is 8.41. The number of aromatic nitrogens is 2. The number of rotatable bonds is 0. The number of fused-ring (bicyclic) bond motifs is 3. The van der Waals surface area contributed by atoms with Crippen LogP contribution < -0.4 is 0 Å². The van der Waals surface area contributed by atoms with Crippen molar-refractivity contribution in [2.24, 2.45) is 0 Å². The van der Waals surface area contributed by atoms with Crippen LogP contribution in [0, 0.1) is 0 Å². The summed E-state index contributed by atoms with van der Waals surface area (Å²) in [6.07, 6.45) is 5.73. The first-order chi connectivity index (χ1) is 6.95. The average Bonchev–Trinajstić information content (AvgIpc) is 2.29. The van der Waals surface area contributed by atoms with Crippen molar-refractivity contribution in [3.8, 4) is 11.3 Å². The molecule has 1 aliphatic rings. The molecule has 0 aliphatic heterocycles. The fraction of sp³-hybridized carbons (Fsp3) is 0.167. The molecule has 0 N–H and O–H groups in total. The molecular formula is C12H11ClN2. The Hall–Kier alpha value is -1.41. The minimum Gasteiger partial charge on any atom is -0.244 e. The van der Waals surface area contributed by atoms with Crippen molar-refractivity contribution >= 4 is 12.4 Å². The molecule has 0 spiro atoms. The van der Waals surface area contributed by atoms with Crippen LogP contribution in [0.5, 0.6) is 0 Å². The van der Waals surface area contributed by atoms with Gasteiger partial charge in [0.15, 0.2) is 0 Å². The number of aryl methyl sites for hydroxylation is 2. The fourth-order valence-corrected chi connectivity index (χ4v) is 2.02. The maximum atomic E-state index is 4.35. The minimum absolute atomic E-state index is 0. The van der Waals surface area contributed by atoms with E-state index in [-0.39, 0.29) is 12.4 Å². The van der Waals surface area contributed by atoms with Gasteiger partial charge < -0.3 is 0 Å². The van der Waals surface area contributed by atoms with Crippen LogP contribution >= 0.6 is 12.4 Å². The van der Waals surface area contributed by atoms with Crippen LogP contribution in [-0.4, -0.2) is 9.97 Å². The number of hydrogen-bond acceptors (Lipinski definition) is 2. The Morgan fingerprint density at radius 2 is 1.80 bits per heavy atom. The first-order valence-electron chi connectivity index (χ1n) is 4.82. The molecule has 3 heteroatoms. The molecule has 1 heterocycles. The minimum atomic E-state index is 0. The van der Waals surface area contributed by atoms with Crippen LogP contribution in [0.4, 0.5) is 0 Å². The third-order valence-corrected chi connectivity index (χ3v) is 2.72. The summed E-state index contributed by atoms with van der Waals surface area (Å²) in [6, 6.07) is 8.47. The molecule has 76 valence electrons. The van der Waals surface area contributed by atoms with Crippen LogP contribution in [0.2, 0.25) is 0 Å². The van der Waals surface area contributed by atoms with Crippen molar-refractivity contribution in [1.82, 2.24) is 9.97 Å². The molecule has 1 aliphatic carbocycles. The maximum absolute atomic E-state index is 4.35. The lowest BCUT2D eigenvalue weighted by atomic mass is 9.90. The van der Waals surface area contributed by atoms with Gasteiger partial charge in [0, 0.05) is 11.8 Å². The Kier molecular flexibility index (Phi) is 2.69. The molecule has 1 aromatic carbocycles. The largest absolute Gasteiger partial charge is 0.244 e. The molecule has 0 saturated heterocycles. The van der Waals surface area contributed by atoms with Gasteiger partial charge >= 0.3 is 0 Å². The highest BCUT2D eigenvalue weighted by molar-refractivity contribution is 5.85. The molecule has 15 heavy (non-hydrogen) atoms. The smallest absolute Gasteiger partial charge is 0.116 e. The first-order valence-corrected chi connectivity index (χ1v) is 4.82. The lowest BCUT2D eigenvalue weighted by Gasteiger charge is -2.17. The Balaban J connectivity index is 0.000000853. The van der Waals surface area contributed by atoms with Crippen molar-refractivity contribution in [3.63, 3.8) is 0 Å². The van der Waals surface area contributed by atoms with Gasteiger partial charge in [0.05, 0.1) is 5.69 Å². The summed E-state index contributed by atoms with van der Waals surface area (Å²) in [5.41, 5.74) is 5.06. The normalized spacial score (nSPS) is 12.3. The van der Waals surface area contributed by atoms with Gasteiger partial charge in [-0.2, -0.15) is 0 Å². The van der Waals surface area contributed by atoms with E-state index >= 15 is 0 Å². The van der Waals surface area contributed by atoms with Crippen LogP contribution in [0.1, 0.15) is 11.1 Å². The molecule has 0 radical (unpaired) electrons. The van der Waals surface area contributed by atoms with Crippen LogP contribution in [0.15, 0.2) is 36.8 Å². The highest BCUT2D eigenvalue weighted by Crippen LogP contribution is 2.30. The zero-order valence-corrected chi connectivity index (χ0v) is 9.00. The van der Waals surface area contributed by atoms with E-state index in [1.807, 2.05) is 6.20 Å². The van der Waals surface area contributed by atoms with E-state index in [1.165, 1.54) is 16.7 Å². The Bertz CT molecular complexity index is 437. The molecule has 3 rings (SSSR count). The summed E-state index contributed by atoms with van der Waals surface area (Å²) < 4.78 is 0. The molecule has 0 unspecified atom stereocenters. The summed E-state index contributed by atoms with van der Waals surface area (Å²) in [7, 11) is 0. The first kappa shape index (κ1) is 10.1. The fourth-order valence-electron chi connectivity index (χ4n) is 2.02. The SMILES string of the molecule is Cl.c1ccc2c(c1)CCc1cncnc1-2. The summed E-state index contributed by atoms with van der Waals surface area (Å²) in [6.45, 7) is 0. The Morgan fingerprint density at radius 1 is 1.00 bits per heavy atom. The predicted octanol–water partition coefficient (Wildman–Crippen LogP) is 2.66. The lowest BCUT2D eigenvalue weighted by Crippen LogP contribution is -2.05. The highest BCUT2D eigenvalue weighted by atomic mass is 35.5. The zero-order chi connectivity index (χ0) is 9.38. The van der Waals surface area contributed by atoms with Crippen molar-refractivity contribution in [1.29, 1.82) is 0 Å². The van der Waals surface area contributed by atoms with Gasteiger partial charge in [-0.25, -0.2) is 9.97 Å². The van der Waals surface area contributed by atoms with Crippen molar-refractivity contribution in [2.75, 3.05) is 0 Å². The second kappa shape index (κ2) is 3.99. The molecule has 0 fully saturated rings. The molecule has 0 atom stereocenters. The molecule has 2 aromatic rings. The summed E-state index contributed by atoms with van der Waals surface area (Å²) in [5.74, 6) is 0. The van der Waals surface area contributed by atoms with Crippen LogP contribution in [0.25, 0.3) is 11.3 Å². The third-order valence-electron chi connectivity index (χ3n) is 2.72. The quantitative estimate of drug-likeness (QED) is 0.680. The maximum Gasteiger partial charge on any atom is 0.116 e. The van der Waals surface area contributed by atoms with Crippen molar-refractivity contribution in [3.05, 3.63) is 47.9 Å². The van der Waals surface area contributed by atoms with E-state index in [0.29, 0.717) is 0 Å². The standard InChI is InChI=1S/C12H10N2.ClH/c1-2-4-11-9(3-1)5-6-10-7-13-8-14-12(10)11;/h1-4,7-8H,5-6H2;1H. The van der Waals surface area contributed by atoms with Crippen molar-refractivity contribution in [2.45, 2.75) is 12.8 Å². The van der Waals surface area contributed by atoms with Gasteiger partial charge in [-0.1, -0.05) is 24.3 Å². The van der Waals surface area contributed by atoms with Gasteiger partial charge in [0.1, 0.15) is 6.33 Å². The van der Waals surface area contributed by atoms with E-state index in [4.69, 9.17) is 0 Å². The highest BCUT2D eigenvalue weighted by Gasteiger charge is 2.15. The third kappa shape index (κ3) is 1.61. The Morgan fingerprint density at radius 3 is 2.73 bits per heavy atom. The van der Waals surface area contributed by atoms with Gasteiger partial charge in [0.2, 0.25) is 0 Å². The van der Waals surface area contributed by atoms with Crippen LogP contribution in [0.3, 0.4) is 0 Å². The number of hydrogen-bond donors (Lipinski definition) is 0.